The largest absolute Gasteiger partial charge is 0.577 e. The molecule has 0 saturated carbocycles. The number of halogens is 2. The van der Waals surface area contributed by atoms with Gasteiger partial charge in [-0.25, -0.2) is 0 Å². The summed E-state index contributed by atoms with van der Waals surface area (Å²) in [5.41, 5.74) is 1.87. The van der Waals surface area contributed by atoms with Crippen LogP contribution in [0.2, 0.25) is 0 Å². The number of rotatable bonds is 0. The Kier molecular flexibility index (Phi) is 8.80. The Hall–Kier alpha value is -1.55. The third-order valence-electron chi connectivity index (χ3n) is 3.99. The number of pyridine rings is 1. The van der Waals surface area contributed by atoms with E-state index in [0.717, 1.165) is 30.9 Å². The van der Waals surface area contributed by atoms with Gasteiger partial charge in [-0.3, -0.25) is 9.59 Å². The predicted octanol–water partition coefficient (Wildman–Crippen LogP) is 6.09. The van der Waals surface area contributed by atoms with E-state index >= 15 is 0 Å². The van der Waals surface area contributed by atoms with E-state index in [4.69, 9.17) is 0 Å². The molecule has 0 spiro atoms. The van der Waals surface area contributed by atoms with Crippen LogP contribution in [-0.4, -0.2) is 10.4 Å². The van der Waals surface area contributed by atoms with Crippen molar-refractivity contribution in [2.24, 2.45) is 7.05 Å². The Labute approximate surface area is 179 Å². The van der Waals surface area contributed by atoms with Crippen LogP contribution in [0.4, 0.5) is 0 Å². The lowest BCUT2D eigenvalue weighted by molar-refractivity contribution is 0.0994. The van der Waals surface area contributed by atoms with Crippen molar-refractivity contribution in [3.63, 3.8) is 0 Å². The molecule has 1 aliphatic carbocycles. The minimum absolute atomic E-state index is 0. The molecular weight excluding hydrogens is 489 g/mol. The SMILES string of the molecule is Cn1cc(Br)c2ccccc2c1=O.O=C1CC=C(Br)c2ccccc21.[CH3-].[PH2-]. The summed E-state index contributed by atoms with van der Waals surface area (Å²) in [6.07, 6.45) is 4.20. The number of Topliss-reactive ketones (excluding diaryl/α,β-unsaturated/α-hetero) is 1. The molecule has 0 aliphatic heterocycles. The van der Waals surface area contributed by atoms with Crippen LogP contribution in [0, 0.1) is 7.43 Å². The van der Waals surface area contributed by atoms with Crippen LogP contribution >= 0.6 is 41.8 Å². The summed E-state index contributed by atoms with van der Waals surface area (Å²) in [5, 5.41) is 1.71. The molecule has 6 heteroatoms. The molecule has 0 amide bonds. The molecule has 0 saturated heterocycles. The summed E-state index contributed by atoms with van der Waals surface area (Å²) in [6.45, 7) is 0. The van der Waals surface area contributed by atoms with Crippen molar-refractivity contribution in [2.75, 3.05) is 0 Å². The van der Waals surface area contributed by atoms with Crippen molar-refractivity contribution in [1.82, 2.24) is 4.57 Å². The highest BCUT2D eigenvalue weighted by atomic mass is 79.9. The topological polar surface area (TPSA) is 39.1 Å². The number of hydrogen-bond acceptors (Lipinski definition) is 2. The predicted molar refractivity (Wildman–Crippen MR) is 125 cm³/mol. The average Bonchev–Trinajstić information content (AvgIpc) is 2.64. The summed E-state index contributed by atoms with van der Waals surface area (Å²) in [4.78, 5) is 23.0. The molecule has 2 aromatic carbocycles. The normalized spacial score (nSPS) is 12.0. The molecule has 142 valence electrons. The van der Waals surface area contributed by atoms with Gasteiger partial charge >= 0.3 is 0 Å². The molecule has 1 aromatic heterocycles. The van der Waals surface area contributed by atoms with Gasteiger partial charge in [0.2, 0.25) is 0 Å². The lowest BCUT2D eigenvalue weighted by Gasteiger charge is -2.11. The Bertz CT molecular complexity index is 1060. The van der Waals surface area contributed by atoms with Crippen LogP contribution in [0.15, 0.2) is 70.1 Å². The number of nitrogens with zero attached hydrogens (tertiary/aromatic N) is 1. The molecular formula is C21H20Br2NO2P-2. The average molecular weight is 509 g/mol. The van der Waals surface area contributed by atoms with Crippen molar-refractivity contribution in [2.45, 2.75) is 6.42 Å². The van der Waals surface area contributed by atoms with Crippen molar-refractivity contribution in [1.29, 1.82) is 0 Å². The molecule has 27 heavy (non-hydrogen) atoms. The van der Waals surface area contributed by atoms with E-state index in [1.807, 2.05) is 54.6 Å². The highest BCUT2D eigenvalue weighted by Crippen LogP contribution is 2.30. The second kappa shape index (κ2) is 10.1. The minimum atomic E-state index is 0. The molecule has 1 aliphatic rings. The Morgan fingerprint density at radius 1 is 0.889 bits per heavy atom. The number of allylic oxidation sites excluding steroid dienone is 1. The first kappa shape index (κ1) is 23.5. The van der Waals surface area contributed by atoms with E-state index in [2.05, 4.69) is 31.9 Å². The molecule has 3 aromatic rings. The number of hydrogen-bond donors (Lipinski definition) is 0. The molecule has 0 fully saturated rings. The maximum absolute atomic E-state index is 11.6. The maximum Gasteiger partial charge on any atom is 0.258 e. The van der Waals surface area contributed by atoms with Crippen molar-refractivity contribution in [3.8, 4) is 0 Å². The number of fused-ring (bicyclic) bond motifs is 2. The summed E-state index contributed by atoms with van der Waals surface area (Å²) >= 11 is 6.85. The monoisotopic (exact) mass is 507 g/mol. The van der Waals surface area contributed by atoms with E-state index in [0.29, 0.717) is 6.42 Å². The fraction of sp³-hybridized carbons (Fsp3) is 0.0952. The zero-order valence-corrected chi connectivity index (χ0v) is 19.4. The highest BCUT2D eigenvalue weighted by Gasteiger charge is 2.15. The number of carbonyl (C=O) groups excluding carboxylic acids is 1. The zero-order chi connectivity index (χ0) is 18.0. The third-order valence-corrected chi connectivity index (χ3v) is 5.38. The second-order valence-electron chi connectivity index (χ2n) is 5.66. The van der Waals surface area contributed by atoms with Gasteiger partial charge < -0.3 is 21.9 Å². The van der Waals surface area contributed by atoms with E-state index in [9.17, 15) is 9.59 Å². The van der Waals surface area contributed by atoms with Gasteiger partial charge in [0.1, 0.15) is 0 Å². The first-order valence-electron chi connectivity index (χ1n) is 7.71. The fourth-order valence-corrected chi connectivity index (χ4v) is 3.86. The summed E-state index contributed by atoms with van der Waals surface area (Å²) < 4.78 is 3.55. The lowest BCUT2D eigenvalue weighted by atomic mass is 9.96. The molecule has 4 rings (SSSR count). The Balaban J connectivity index is 0.000000252. The molecule has 0 unspecified atom stereocenters. The molecule has 0 atom stereocenters. The maximum atomic E-state index is 11.6. The van der Waals surface area contributed by atoms with E-state index < -0.39 is 0 Å². The standard InChI is InChI=1S/C10H8BrNO.C10H7BrO.CH3.H2P/c1-12-6-9(11)7-4-2-3-5-8(7)10(12)13;11-9-5-6-10(12)8-4-2-1-3-7(8)9;;/h2-6H,1H3;1-5H,6H2;1H3;1H2/q;;2*-1. The van der Waals surface area contributed by atoms with Crippen LogP contribution in [0.5, 0.6) is 0 Å². The van der Waals surface area contributed by atoms with Crippen molar-refractivity contribution < 1.29 is 4.79 Å². The van der Waals surface area contributed by atoms with E-state index in [1.165, 1.54) is 0 Å². The first-order chi connectivity index (χ1) is 12.0. The number of carbonyl (C=O) groups is 1. The van der Waals surface area contributed by atoms with Crippen molar-refractivity contribution in [3.05, 3.63) is 94.2 Å². The van der Waals surface area contributed by atoms with Gasteiger partial charge in [0.15, 0.2) is 5.78 Å². The highest BCUT2D eigenvalue weighted by molar-refractivity contribution is 9.15. The van der Waals surface area contributed by atoms with E-state index in [1.54, 1.807) is 17.8 Å². The number of benzene rings is 2. The van der Waals surface area contributed by atoms with Crippen LogP contribution in [0.25, 0.3) is 15.3 Å². The van der Waals surface area contributed by atoms with Crippen molar-refractivity contribution >= 4 is 62.8 Å². The van der Waals surface area contributed by atoms with E-state index in [-0.39, 0.29) is 28.7 Å². The van der Waals surface area contributed by atoms with Crippen LogP contribution in [0.1, 0.15) is 22.3 Å². The van der Waals surface area contributed by atoms with Gasteiger partial charge in [0.05, 0.1) is 0 Å². The molecule has 0 radical (unpaired) electrons. The molecule has 0 bridgehead atoms. The quantitative estimate of drug-likeness (QED) is 0.272. The second-order valence-corrected chi connectivity index (χ2v) is 7.37. The Morgan fingerprint density at radius 2 is 1.44 bits per heavy atom. The summed E-state index contributed by atoms with van der Waals surface area (Å²) in [6, 6.07) is 15.2. The first-order valence-corrected chi connectivity index (χ1v) is 9.30. The van der Waals surface area contributed by atoms with Gasteiger partial charge in [-0.05, 0) is 27.6 Å². The number of ketones is 1. The Morgan fingerprint density at radius 3 is 2.07 bits per heavy atom. The van der Waals surface area contributed by atoms with Crippen LogP contribution in [-0.2, 0) is 7.05 Å². The van der Waals surface area contributed by atoms with Gasteiger partial charge in [0.25, 0.3) is 5.56 Å². The van der Waals surface area contributed by atoms with Gasteiger partial charge in [0, 0.05) is 45.0 Å². The van der Waals surface area contributed by atoms with Crippen LogP contribution < -0.4 is 5.56 Å². The summed E-state index contributed by atoms with van der Waals surface area (Å²) in [7, 11) is 1.75. The smallest absolute Gasteiger partial charge is 0.258 e. The minimum Gasteiger partial charge on any atom is -0.577 e. The molecule has 1 heterocycles. The molecule has 0 N–H and O–H groups in total. The van der Waals surface area contributed by atoms with Gasteiger partial charge in [-0.2, -0.15) is 0 Å². The fourth-order valence-electron chi connectivity index (χ4n) is 2.70. The lowest BCUT2D eigenvalue weighted by Crippen LogP contribution is -2.15. The summed E-state index contributed by atoms with van der Waals surface area (Å²) in [5.74, 6) is 0.203. The number of aryl methyl sites for hydroxylation is 1. The van der Waals surface area contributed by atoms with Crippen LogP contribution in [0.3, 0.4) is 0 Å². The number of aromatic nitrogens is 1. The molecule has 3 nitrogen and oxygen atoms in total. The van der Waals surface area contributed by atoms with Gasteiger partial charge in [-0.1, -0.05) is 64.5 Å². The third kappa shape index (κ3) is 5.04. The van der Waals surface area contributed by atoms with Gasteiger partial charge in [-0.15, -0.1) is 0 Å². The zero-order valence-electron chi connectivity index (χ0n) is 15.1.